The summed E-state index contributed by atoms with van der Waals surface area (Å²) < 4.78 is 25.2. The first kappa shape index (κ1) is 21.0. The SMILES string of the molecule is O=P(CCC/C=C\CCOC1CCCCO1)(c1ccccc1)c1ccccc1. The molecule has 1 aliphatic rings. The molecule has 1 heterocycles. The van der Waals surface area contributed by atoms with Crippen LogP contribution in [0.15, 0.2) is 72.8 Å². The molecule has 1 saturated heterocycles. The van der Waals surface area contributed by atoms with Crippen LogP contribution in [0.4, 0.5) is 0 Å². The molecule has 3 nitrogen and oxygen atoms in total. The minimum absolute atomic E-state index is 0.00947. The van der Waals surface area contributed by atoms with Crippen molar-refractivity contribution in [1.29, 1.82) is 0 Å². The quantitative estimate of drug-likeness (QED) is 0.311. The van der Waals surface area contributed by atoms with Crippen molar-refractivity contribution >= 4 is 17.8 Å². The van der Waals surface area contributed by atoms with Crippen molar-refractivity contribution in [1.82, 2.24) is 0 Å². The van der Waals surface area contributed by atoms with Crippen LogP contribution >= 0.6 is 7.14 Å². The van der Waals surface area contributed by atoms with Gasteiger partial charge in [0.25, 0.3) is 0 Å². The Morgan fingerprint density at radius 1 is 0.929 bits per heavy atom. The number of hydrogen-bond donors (Lipinski definition) is 0. The van der Waals surface area contributed by atoms with Crippen LogP contribution in [0.25, 0.3) is 0 Å². The van der Waals surface area contributed by atoms with E-state index in [4.69, 9.17) is 9.47 Å². The van der Waals surface area contributed by atoms with Gasteiger partial charge in [-0.15, -0.1) is 0 Å². The Balaban J connectivity index is 1.46. The van der Waals surface area contributed by atoms with Crippen molar-refractivity contribution in [3.8, 4) is 0 Å². The Bertz CT molecular complexity index is 708. The molecule has 1 fully saturated rings. The Morgan fingerprint density at radius 2 is 1.57 bits per heavy atom. The van der Waals surface area contributed by atoms with Crippen molar-refractivity contribution in [3.63, 3.8) is 0 Å². The molecular weight excluding hydrogens is 367 g/mol. The van der Waals surface area contributed by atoms with Crippen LogP contribution in [-0.2, 0) is 14.0 Å². The number of ether oxygens (including phenoxy) is 2. The van der Waals surface area contributed by atoms with Crippen LogP contribution in [0.1, 0.15) is 38.5 Å². The van der Waals surface area contributed by atoms with E-state index in [9.17, 15) is 4.57 Å². The molecule has 0 aliphatic carbocycles. The first-order chi connectivity index (χ1) is 13.8. The van der Waals surface area contributed by atoms with E-state index in [0.29, 0.717) is 12.8 Å². The van der Waals surface area contributed by atoms with E-state index < -0.39 is 7.14 Å². The fraction of sp³-hybridized carbons (Fsp3) is 0.417. The van der Waals surface area contributed by atoms with E-state index in [0.717, 1.165) is 49.3 Å². The highest BCUT2D eigenvalue weighted by molar-refractivity contribution is 7.78. The second-order valence-electron chi connectivity index (χ2n) is 7.20. The number of hydrogen-bond acceptors (Lipinski definition) is 3. The lowest BCUT2D eigenvalue weighted by molar-refractivity contribution is -0.161. The molecule has 0 spiro atoms. The minimum atomic E-state index is -2.58. The lowest BCUT2D eigenvalue weighted by Crippen LogP contribution is -2.22. The molecule has 1 unspecified atom stereocenters. The van der Waals surface area contributed by atoms with Gasteiger partial charge in [-0.25, -0.2) is 0 Å². The van der Waals surface area contributed by atoms with Crippen LogP contribution < -0.4 is 10.6 Å². The maximum absolute atomic E-state index is 13.9. The fourth-order valence-corrected chi connectivity index (χ4v) is 6.27. The summed E-state index contributed by atoms with van der Waals surface area (Å²) in [4.78, 5) is 0. The largest absolute Gasteiger partial charge is 0.353 e. The van der Waals surface area contributed by atoms with Gasteiger partial charge in [-0.1, -0.05) is 72.8 Å². The van der Waals surface area contributed by atoms with Gasteiger partial charge in [0.15, 0.2) is 6.29 Å². The third-order valence-corrected chi connectivity index (χ3v) is 8.29. The molecule has 150 valence electrons. The van der Waals surface area contributed by atoms with Crippen molar-refractivity contribution < 1.29 is 14.0 Å². The zero-order chi connectivity index (χ0) is 19.5. The van der Waals surface area contributed by atoms with Gasteiger partial charge in [-0.3, -0.25) is 0 Å². The van der Waals surface area contributed by atoms with Gasteiger partial charge >= 0.3 is 0 Å². The van der Waals surface area contributed by atoms with Crippen LogP contribution in [0.5, 0.6) is 0 Å². The van der Waals surface area contributed by atoms with Crippen LogP contribution in [0.2, 0.25) is 0 Å². The molecule has 0 aromatic heterocycles. The van der Waals surface area contributed by atoms with E-state index in [-0.39, 0.29) is 6.29 Å². The van der Waals surface area contributed by atoms with Gasteiger partial charge in [0.2, 0.25) is 0 Å². The summed E-state index contributed by atoms with van der Waals surface area (Å²) in [7, 11) is -2.58. The smallest absolute Gasteiger partial charge is 0.157 e. The molecule has 0 amide bonds. The molecule has 0 radical (unpaired) electrons. The van der Waals surface area contributed by atoms with Gasteiger partial charge in [0.1, 0.15) is 7.14 Å². The molecule has 0 N–H and O–H groups in total. The number of rotatable bonds is 10. The lowest BCUT2D eigenvalue weighted by atomic mass is 10.2. The van der Waals surface area contributed by atoms with Gasteiger partial charge in [0, 0.05) is 23.4 Å². The van der Waals surface area contributed by atoms with E-state index in [1.54, 1.807) is 0 Å². The molecule has 2 aromatic carbocycles. The zero-order valence-electron chi connectivity index (χ0n) is 16.5. The Morgan fingerprint density at radius 3 is 2.18 bits per heavy atom. The summed E-state index contributed by atoms with van der Waals surface area (Å²) in [6, 6.07) is 19.8. The van der Waals surface area contributed by atoms with E-state index in [1.807, 2.05) is 60.7 Å². The molecule has 1 atom stereocenters. The second-order valence-corrected chi connectivity index (χ2v) is 10.2. The molecule has 0 saturated carbocycles. The summed E-state index contributed by atoms with van der Waals surface area (Å²) in [5, 5.41) is 1.90. The Hall–Kier alpha value is -1.67. The van der Waals surface area contributed by atoms with Crippen molar-refractivity contribution in [3.05, 3.63) is 72.8 Å². The number of benzene rings is 2. The summed E-state index contributed by atoms with van der Waals surface area (Å²) >= 11 is 0. The van der Waals surface area contributed by atoms with Crippen LogP contribution in [0, 0.1) is 0 Å². The third-order valence-electron chi connectivity index (χ3n) is 5.08. The second kappa shape index (κ2) is 11.4. The molecule has 2 aromatic rings. The van der Waals surface area contributed by atoms with E-state index in [1.165, 1.54) is 6.42 Å². The molecule has 4 heteroatoms. The van der Waals surface area contributed by atoms with Crippen molar-refractivity contribution in [2.75, 3.05) is 19.4 Å². The Labute approximate surface area is 169 Å². The predicted octanol–water partition coefficient (Wildman–Crippen LogP) is 5.27. The number of allylic oxidation sites excluding steroid dienone is 1. The van der Waals surface area contributed by atoms with Crippen LogP contribution in [-0.4, -0.2) is 25.7 Å². The van der Waals surface area contributed by atoms with E-state index >= 15 is 0 Å². The van der Waals surface area contributed by atoms with Gasteiger partial charge in [-0.05, 0) is 38.5 Å². The van der Waals surface area contributed by atoms with Crippen molar-refractivity contribution in [2.45, 2.75) is 44.8 Å². The molecular formula is C24H31O3P. The minimum Gasteiger partial charge on any atom is -0.353 e. The summed E-state index contributed by atoms with van der Waals surface area (Å²) in [6.07, 6.45) is 11.1. The summed E-state index contributed by atoms with van der Waals surface area (Å²) in [5.74, 6) is 0. The predicted molar refractivity (Wildman–Crippen MR) is 117 cm³/mol. The van der Waals surface area contributed by atoms with Crippen LogP contribution in [0.3, 0.4) is 0 Å². The first-order valence-electron chi connectivity index (χ1n) is 10.4. The normalized spacial score (nSPS) is 17.8. The van der Waals surface area contributed by atoms with Gasteiger partial charge < -0.3 is 14.0 Å². The molecule has 1 aliphatic heterocycles. The lowest BCUT2D eigenvalue weighted by Gasteiger charge is -2.22. The van der Waals surface area contributed by atoms with Gasteiger partial charge in [0.05, 0.1) is 6.61 Å². The number of unbranched alkanes of at least 4 members (excludes halogenated alkanes) is 1. The van der Waals surface area contributed by atoms with E-state index in [2.05, 4.69) is 12.2 Å². The Kier molecular flexibility index (Phi) is 8.54. The summed E-state index contributed by atoms with van der Waals surface area (Å²) in [5.41, 5.74) is 0. The summed E-state index contributed by atoms with van der Waals surface area (Å²) in [6.45, 7) is 1.52. The standard InChI is InChI=1S/C24H31O3P/c25-28(22-14-6-4-7-15-22,23-16-8-5-9-17-23)21-13-3-1-2-11-19-26-24-18-10-12-20-27-24/h1-2,4-9,14-17,24H,3,10-13,18-21H2/b2-1-. The molecule has 0 bridgehead atoms. The first-order valence-corrected chi connectivity index (χ1v) is 12.3. The van der Waals surface area contributed by atoms with Gasteiger partial charge in [-0.2, -0.15) is 0 Å². The molecule has 28 heavy (non-hydrogen) atoms. The van der Waals surface area contributed by atoms with Crippen molar-refractivity contribution in [2.24, 2.45) is 0 Å². The average Bonchev–Trinajstić information content (AvgIpc) is 2.77. The zero-order valence-corrected chi connectivity index (χ0v) is 17.4. The third kappa shape index (κ3) is 6.17. The topological polar surface area (TPSA) is 35.5 Å². The molecule has 3 rings (SSSR count). The average molecular weight is 398 g/mol. The fourth-order valence-electron chi connectivity index (χ4n) is 3.52. The highest BCUT2D eigenvalue weighted by atomic mass is 31.2. The highest BCUT2D eigenvalue weighted by Gasteiger charge is 2.26. The highest BCUT2D eigenvalue weighted by Crippen LogP contribution is 2.44. The monoisotopic (exact) mass is 398 g/mol. The maximum atomic E-state index is 13.9. The maximum Gasteiger partial charge on any atom is 0.157 e.